The van der Waals surface area contributed by atoms with Gasteiger partial charge in [0.15, 0.2) is 0 Å². The van der Waals surface area contributed by atoms with E-state index >= 15 is 0 Å². The first-order chi connectivity index (χ1) is 16.8. The fourth-order valence-corrected chi connectivity index (χ4v) is 6.31. The normalized spacial score (nSPS) is 17.7. The molecule has 2 aromatic rings. The number of hydrogen-bond donors (Lipinski definition) is 1. The summed E-state index contributed by atoms with van der Waals surface area (Å²) in [5, 5.41) is -0.266. The van der Waals surface area contributed by atoms with Gasteiger partial charge in [-0.2, -0.15) is 4.31 Å². The van der Waals surface area contributed by atoms with E-state index in [4.69, 9.17) is 16.3 Å². The lowest BCUT2D eigenvalue weighted by molar-refractivity contribution is 0.0977. The Labute approximate surface area is 213 Å². The van der Waals surface area contributed by atoms with Crippen LogP contribution < -0.4 is 9.46 Å². The Balaban J connectivity index is 1.40. The molecule has 1 aliphatic heterocycles. The van der Waals surface area contributed by atoms with Crippen LogP contribution in [0.1, 0.15) is 47.5 Å². The number of halogens is 3. The van der Waals surface area contributed by atoms with Crippen molar-refractivity contribution in [2.24, 2.45) is 5.92 Å². The van der Waals surface area contributed by atoms with Gasteiger partial charge in [-0.1, -0.05) is 11.6 Å². The molecule has 1 amide bonds. The molecule has 1 aliphatic carbocycles. The number of benzene rings is 2. The maximum atomic E-state index is 14.7. The zero-order chi connectivity index (χ0) is 26.3. The number of carbonyl (C=O) groups excluding carboxylic acids is 1. The number of rotatable bonds is 8. The lowest BCUT2D eigenvalue weighted by Crippen LogP contribution is -2.39. The minimum Gasteiger partial charge on any atom is -0.493 e. The number of nitrogens with zero attached hydrogens (tertiary/aromatic N) is 1. The third kappa shape index (κ3) is 6.16. The molecule has 1 saturated heterocycles. The molecule has 0 spiro atoms. The molecule has 0 aromatic heterocycles. The van der Waals surface area contributed by atoms with Gasteiger partial charge in [-0.15, -0.1) is 0 Å². The van der Waals surface area contributed by atoms with Crippen molar-refractivity contribution in [2.45, 2.75) is 36.5 Å². The third-order valence-electron chi connectivity index (χ3n) is 6.22. The molecule has 1 saturated carbocycles. The molecule has 4 rings (SSSR count). The number of nitrogens with one attached hydrogen (secondary N) is 1. The first-order valence-electron chi connectivity index (χ1n) is 11.3. The molecule has 0 atom stereocenters. The Bertz CT molecular complexity index is 1390. The maximum absolute atomic E-state index is 14.7. The molecule has 0 unspecified atom stereocenters. The molecule has 36 heavy (non-hydrogen) atoms. The van der Waals surface area contributed by atoms with Crippen LogP contribution in [-0.2, 0) is 20.0 Å². The second-order valence-corrected chi connectivity index (χ2v) is 13.2. The summed E-state index contributed by atoms with van der Waals surface area (Å²) in [6.07, 6.45) is 3.51. The molecule has 8 nitrogen and oxygen atoms in total. The first kappa shape index (κ1) is 26.8. The zero-order valence-corrected chi connectivity index (χ0v) is 21.7. The molecule has 196 valence electrons. The third-order valence-corrected chi connectivity index (χ3v) is 8.96. The van der Waals surface area contributed by atoms with Crippen LogP contribution in [-0.4, -0.2) is 53.0 Å². The quantitative estimate of drug-likeness (QED) is 0.526. The van der Waals surface area contributed by atoms with Gasteiger partial charge in [-0.25, -0.2) is 30.3 Å². The second kappa shape index (κ2) is 10.2. The standard InChI is InChI=1S/C23H25ClF2N2O6S2/c1-35(30,31)27-23(29)18-11-17(15-2-3-15)22(12-21(18)26)34-13-14-6-8-28(9-7-14)36(32,33)16-4-5-20(25)19(24)10-16/h4-5,10-12,14-15H,2-3,6-9,13H2,1H3,(H,27,29). The van der Waals surface area contributed by atoms with E-state index in [1.165, 1.54) is 16.4 Å². The van der Waals surface area contributed by atoms with Crippen molar-refractivity contribution in [1.29, 1.82) is 0 Å². The number of carbonyl (C=O) groups is 1. The molecule has 0 bridgehead atoms. The highest BCUT2D eigenvalue weighted by Crippen LogP contribution is 2.45. The first-order valence-corrected chi connectivity index (χ1v) is 15.0. The van der Waals surface area contributed by atoms with Gasteiger partial charge in [0.05, 0.1) is 28.3 Å². The molecule has 2 fully saturated rings. The highest BCUT2D eigenvalue weighted by molar-refractivity contribution is 7.89. The number of sulfonamides is 2. The summed E-state index contributed by atoms with van der Waals surface area (Å²) in [5.74, 6) is -2.23. The summed E-state index contributed by atoms with van der Waals surface area (Å²) in [6.45, 7) is 0.698. The van der Waals surface area contributed by atoms with Crippen molar-refractivity contribution in [1.82, 2.24) is 9.03 Å². The average molecular weight is 563 g/mol. The number of hydrogen-bond acceptors (Lipinski definition) is 6. The predicted octanol–water partition coefficient (Wildman–Crippen LogP) is 3.66. The molecular weight excluding hydrogens is 538 g/mol. The van der Waals surface area contributed by atoms with Crippen molar-refractivity contribution >= 4 is 37.6 Å². The predicted molar refractivity (Wildman–Crippen MR) is 129 cm³/mol. The number of ether oxygens (including phenoxy) is 1. The van der Waals surface area contributed by atoms with Crippen LogP contribution in [0.15, 0.2) is 35.2 Å². The highest BCUT2D eigenvalue weighted by Gasteiger charge is 2.32. The summed E-state index contributed by atoms with van der Waals surface area (Å²) in [5.41, 5.74) is 0.275. The van der Waals surface area contributed by atoms with Crippen LogP contribution in [0.25, 0.3) is 0 Å². The highest BCUT2D eigenvalue weighted by atomic mass is 35.5. The molecule has 13 heteroatoms. The number of piperidine rings is 1. The van der Waals surface area contributed by atoms with E-state index in [1.54, 1.807) is 4.72 Å². The summed E-state index contributed by atoms with van der Waals surface area (Å²) in [4.78, 5) is 12.1. The van der Waals surface area contributed by atoms with Gasteiger partial charge in [0, 0.05) is 19.2 Å². The van der Waals surface area contributed by atoms with Crippen molar-refractivity contribution in [3.8, 4) is 5.75 Å². The van der Waals surface area contributed by atoms with E-state index in [2.05, 4.69) is 0 Å². The van der Waals surface area contributed by atoms with Crippen molar-refractivity contribution in [3.05, 3.63) is 58.1 Å². The van der Waals surface area contributed by atoms with Crippen LogP contribution in [0, 0.1) is 17.6 Å². The van der Waals surface area contributed by atoms with Crippen LogP contribution in [0.2, 0.25) is 5.02 Å². The van der Waals surface area contributed by atoms with Crippen molar-refractivity contribution in [3.63, 3.8) is 0 Å². The van der Waals surface area contributed by atoms with E-state index < -0.39 is 37.6 Å². The van der Waals surface area contributed by atoms with Crippen LogP contribution in [0.3, 0.4) is 0 Å². The lowest BCUT2D eigenvalue weighted by Gasteiger charge is -2.31. The largest absolute Gasteiger partial charge is 0.493 e. The monoisotopic (exact) mass is 562 g/mol. The van der Waals surface area contributed by atoms with Crippen molar-refractivity contribution < 1.29 is 35.1 Å². The Hall–Kier alpha value is -2.28. The van der Waals surface area contributed by atoms with Gasteiger partial charge < -0.3 is 4.74 Å². The smallest absolute Gasteiger partial charge is 0.267 e. The Morgan fingerprint density at radius 1 is 1.06 bits per heavy atom. The molecule has 2 aromatic carbocycles. The summed E-state index contributed by atoms with van der Waals surface area (Å²) in [6, 6.07) is 5.73. The molecule has 1 N–H and O–H groups in total. The van der Waals surface area contributed by atoms with Gasteiger partial charge >= 0.3 is 0 Å². The zero-order valence-electron chi connectivity index (χ0n) is 19.3. The van der Waals surface area contributed by atoms with Gasteiger partial charge in [0.1, 0.15) is 17.4 Å². The Morgan fingerprint density at radius 3 is 2.31 bits per heavy atom. The lowest BCUT2D eigenvalue weighted by atomic mass is 9.99. The van der Waals surface area contributed by atoms with Crippen molar-refractivity contribution in [2.75, 3.05) is 26.0 Å². The molecule has 2 aliphatic rings. The molecule has 0 radical (unpaired) electrons. The minimum absolute atomic E-state index is 0.0107. The Morgan fingerprint density at radius 2 is 1.72 bits per heavy atom. The fourth-order valence-electron chi connectivity index (χ4n) is 4.12. The van der Waals surface area contributed by atoms with E-state index in [-0.39, 0.29) is 47.0 Å². The van der Waals surface area contributed by atoms with E-state index in [1.807, 2.05) is 0 Å². The maximum Gasteiger partial charge on any atom is 0.267 e. The number of amides is 1. The topological polar surface area (TPSA) is 110 Å². The van der Waals surface area contributed by atoms with Gasteiger partial charge in [0.2, 0.25) is 20.0 Å². The average Bonchev–Trinajstić information content (AvgIpc) is 3.64. The summed E-state index contributed by atoms with van der Waals surface area (Å²) < 4.78 is 85.5. The minimum atomic E-state index is -3.85. The van der Waals surface area contributed by atoms with Crippen LogP contribution in [0.4, 0.5) is 8.78 Å². The molecular formula is C23H25ClF2N2O6S2. The van der Waals surface area contributed by atoms with E-state index in [9.17, 15) is 30.4 Å². The van der Waals surface area contributed by atoms with E-state index in [0.717, 1.165) is 37.3 Å². The van der Waals surface area contributed by atoms with E-state index in [0.29, 0.717) is 24.2 Å². The fraction of sp³-hybridized carbons (Fsp3) is 0.435. The SMILES string of the molecule is CS(=O)(=O)NC(=O)c1cc(C2CC2)c(OCC2CCN(S(=O)(=O)c3ccc(F)c(Cl)c3)CC2)cc1F. The summed E-state index contributed by atoms with van der Waals surface area (Å²) in [7, 11) is -7.67. The molecule has 1 heterocycles. The second-order valence-electron chi connectivity index (χ2n) is 9.08. The van der Waals surface area contributed by atoms with Gasteiger partial charge in [-0.05, 0) is 67.3 Å². The Kier molecular flexibility index (Phi) is 7.61. The van der Waals surface area contributed by atoms with Gasteiger partial charge in [-0.3, -0.25) is 4.79 Å². The van der Waals surface area contributed by atoms with Gasteiger partial charge in [0.25, 0.3) is 5.91 Å². The van der Waals surface area contributed by atoms with Crippen LogP contribution in [0.5, 0.6) is 5.75 Å². The van der Waals surface area contributed by atoms with Crippen LogP contribution >= 0.6 is 11.6 Å². The summed E-state index contributed by atoms with van der Waals surface area (Å²) >= 11 is 5.74.